The molecule has 0 unspecified atom stereocenters. The summed E-state index contributed by atoms with van der Waals surface area (Å²) in [6.07, 6.45) is 67.5. The Hall–Kier alpha value is -1.05. The normalized spacial score (nSPS) is 11.8. The van der Waals surface area contributed by atoms with Crippen LogP contribution in [-0.4, -0.2) is 12.6 Å². The highest BCUT2D eigenvalue weighted by Crippen LogP contribution is 2.17. The van der Waals surface area contributed by atoms with E-state index in [0.717, 1.165) is 25.7 Å². The van der Waals surface area contributed by atoms with E-state index in [1.54, 1.807) is 0 Å². The smallest absolute Gasteiger partial charge is 0.305 e. The predicted octanol–water partition coefficient (Wildman–Crippen LogP) is 18.5. The van der Waals surface area contributed by atoms with Gasteiger partial charge in [-0.2, -0.15) is 0 Å². The third kappa shape index (κ3) is 48.9. The minimum absolute atomic E-state index is 0.0151. The lowest BCUT2D eigenvalue weighted by Gasteiger charge is -2.06. The van der Waals surface area contributed by atoms with Gasteiger partial charge >= 0.3 is 5.97 Å². The van der Waals surface area contributed by atoms with Crippen LogP contribution in [0.1, 0.15) is 290 Å². The summed E-state index contributed by atoms with van der Waals surface area (Å²) in [5.41, 5.74) is 0. The molecule has 0 N–H and O–H groups in total. The third-order valence-corrected chi connectivity index (χ3v) is 11.3. The Morgan fingerprint density at radius 2 is 0.585 bits per heavy atom. The lowest BCUT2D eigenvalue weighted by Crippen LogP contribution is -2.05. The van der Waals surface area contributed by atoms with Gasteiger partial charge in [0.15, 0.2) is 0 Å². The van der Waals surface area contributed by atoms with E-state index in [1.165, 1.54) is 244 Å². The first-order valence-electron chi connectivity index (χ1n) is 24.8. The van der Waals surface area contributed by atoms with Gasteiger partial charge in [0.2, 0.25) is 0 Å². The second kappa shape index (κ2) is 49.0. The van der Waals surface area contributed by atoms with Crippen molar-refractivity contribution in [2.45, 2.75) is 290 Å². The van der Waals surface area contributed by atoms with Gasteiger partial charge in [-0.15, -0.1) is 0 Å². The lowest BCUT2D eigenvalue weighted by molar-refractivity contribution is -0.143. The highest BCUT2D eigenvalue weighted by molar-refractivity contribution is 5.69. The number of ether oxygens (including phenoxy) is 1. The van der Waals surface area contributed by atoms with Crippen molar-refractivity contribution in [1.82, 2.24) is 0 Å². The van der Waals surface area contributed by atoms with E-state index < -0.39 is 0 Å². The zero-order chi connectivity index (χ0) is 38.2. The van der Waals surface area contributed by atoms with Crippen LogP contribution in [0.25, 0.3) is 0 Å². The molecule has 0 saturated heterocycles. The summed E-state index contributed by atoms with van der Waals surface area (Å²) in [7, 11) is 0. The quantitative estimate of drug-likeness (QED) is 0.0353. The summed E-state index contributed by atoms with van der Waals surface area (Å²) < 4.78 is 5.47. The number of carbonyl (C=O) groups is 1. The number of allylic oxidation sites excluding steroid dienone is 4. The minimum atomic E-state index is 0.0151. The summed E-state index contributed by atoms with van der Waals surface area (Å²) in [5, 5.41) is 0. The van der Waals surface area contributed by atoms with Crippen LogP contribution in [0, 0.1) is 0 Å². The summed E-state index contributed by atoms with van der Waals surface area (Å²) in [4.78, 5) is 12.0. The molecule has 0 heterocycles. The van der Waals surface area contributed by atoms with Crippen molar-refractivity contribution in [2.24, 2.45) is 0 Å². The van der Waals surface area contributed by atoms with Gasteiger partial charge < -0.3 is 4.74 Å². The molecule has 0 atom stereocenters. The van der Waals surface area contributed by atoms with E-state index in [4.69, 9.17) is 4.74 Å². The summed E-state index contributed by atoms with van der Waals surface area (Å²) in [6, 6.07) is 0. The number of hydrogen-bond acceptors (Lipinski definition) is 2. The molecule has 0 bridgehead atoms. The van der Waals surface area contributed by atoms with Crippen LogP contribution in [0.15, 0.2) is 24.3 Å². The van der Waals surface area contributed by atoms with E-state index in [1.807, 2.05) is 0 Å². The largest absolute Gasteiger partial charge is 0.466 e. The first kappa shape index (κ1) is 52.0. The van der Waals surface area contributed by atoms with Crippen LogP contribution in [0.4, 0.5) is 0 Å². The highest BCUT2D eigenvalue weighted by Gasteiger charge is 2.03. The lowest BCUT2D eigenvalue weighted by atomic mass is 10.0. The molecule has 0 spiro atoms. The summed E-state index contributed by atoms with van der Waals surface area (Å²) >= 11 is 0. The molecule has 0 saturated carbocycles. The average Bonchev–Trinajstić information content (AvgIpc) is 3.16. The number of hydrogen-bond donors (Lipinski definition) is 0. The summed E-state index contributed by atoms with van der Waals surface area (Å²) in [6.45, 7) is 5.19. The van der Waals surface area contributed by atoms with Crippen molar-refractivity contribution in [2.75, 3.05) is 6.61 Å². The molecule has 0 amide bonds. The molecule has 314 valence electrons. The van der Waals surface area contributed by atoms with Gasteiger partial charge in [-0.3, -0.25) is 4.79 Å². The maximum absolute atomic E-state index is 12.0. The molecule has 0 aliphatic heterocycles. The average molecular weight is 743 g/mol. The molecule has 0 aromatic carbocycles. The molecular formula is C51H98O2. The number of esters is 1. The van der Waals surface area contributed by atoms with Gasteiger partial charge in [-0.05, 0) is 44.9 Å². The predicted molar refractivity (Wildman–Crippen MR) is 239 cm³/mol. The topological polar surface area (TPSA) is 26.3 Å². The highest BCUT2D eigenvalue weighted by atomic mass is 16.5. The molecule has 0 aromatic rings. The second-order valence-corrected chi connectivity index (χ2v) is 16.8. The maximum atomic E-state index is 12.0. The third-order valence-electron chi connectivity index (χ3n) is 11.3. The Balaban J connectivity index is 3.16. The molecule has 2 heteroatoms. The number of rotatable bonds is 46. The van der Waals surface area contributed by atoms with Crippen molar-refractivity contribution >= 4 is 5.97 Å². The molecule has 0 fully saturated rings. The molecule has 0 aliphatic rings. The van der Waals surface area contributed by atoms with Crippen molar-refractivity contribution in [3.63, 3.8) is 0 Å². The monoisotopic (exact) mass is 743 g/mol. The van der Waals surface area contributed by atoms with E-state index >= 15 is 0 Å². The van der Waals surface area contributed by atoms with Gasteiger partial charge in [0.05, 0.1) is 6.61 Å². The van der Waals surface area contributed by atoms with Crippen LogP contribution < -0.4 is 0 Å². The Morgan fingerprint density at radius 3 is 0.943 bits per heavy atom. The van der Waals surface area contributed by atoms with Crippen LogP contribution >= 0.6 is 0 Å². The van der Waals surface area contributed by atoms with E-state index in [0.29, 0.717) is 13.0 Å². The molecule has 53 heavy (non-hydrogen) atoms. The van der Waals surface area contributed by atoms with Gasteiger partial charge in [0.25, 0.3) is 0 Å². The van der Waals surface area contributed by atoms with Gasteiger partial charge in [-0.1, -0.05) is 263 Å². The van der Waals surface area contributed by atoms with Crippen molar-refractivity contribution in [1.29, 1.82) is 0 Å². The van der Waals surface area contributed by atoms with Crippen LogP contribution in [-0.2, 0) is 9.53 Å². The van der Waals surface area contributed by atoms with Crippen LogP contribution in [0.3, 0.4) is 0 Å². The Labute approximate surface area is 335 Å². The van der Waals surface area contributed by atoms with Crippen LogP contribution in [0.2, 0.25) is 0 Å². The molecule has 0 rings (SSSR count). The molecule has 2 nitrogen and oxygen atoms in total. The minimum Gasteiger partial charge on any atom is -0.466 e. The van der Waals surface area contributed by atoms with Crippen LogP contribution in [0.5, 0.6) is 0 Å². The Kier molecular flexibility index (Phi) is 48.0. The molecule has 0 aromatic heterocycles. The number of carbonyl (C=O) groups excluding carboxylic acids is 1. The molecule has 0 aliphatic carbocycles. The maximum Gasteiger partial charge on any atom is 0.305 e. The Morgan fingerprint density at radius 1 is 0.321 bits per heavy atom. The van der Waals surface area contributed by atoms with Gasteiger partial charge in [0.1, 0.15) is 0 Å². The molecule has 0 radical (unpaired) electrons. The van der Waals surface area contributed by atoms with E-state index in [-0.39, 0.29) is 5.97 Å². The first-order chi connectivity index (χ1) is 26.3. The van der Waals surface area contributed by atoms with E-state index in [9.17, 15) is 4.79 Å². The van der Waals surface area contributed by atoms with Gasteiger partial charge in [-0.25, -0.2) is 0 Å². The zero-order valence-corrected chi connectivity index (χ0v) is 36.7. The molecular weight excluding hydrogens is 645 g/mol. The standard InChI is InChI=1S/C51H98O2/c1-3-5-7-9-11-13-15-17-19-20-21-22-23-24-25-26-27-28-29-30-31-32-33-34-36-38-40-42-44-46-48-50-53-51(52)49-47-45-43-41-39-37-35-18-16-14-12-10-8-6-4-2/h12,14,18,35H,3-11,13,15-17,19-34,36-50H2,1-2H3/b14-12-,35-18-. The second-order valence-electron chi connectivity index (χ2n) is 16.8. The SMILES string of the molecule is CCCCC/C=C\C/C=C\CCCCCCCC(=O)OCCCCCCCCCCCCCCCCCCCCCCCCCCCCCCCCC. The van der Waals surface area contributed by atoms with E-state index in [2.05, 4.69) is 38.2 Å². The summed E-state index contributed by atoms with van der Waals surface area (Å²) in [5.74, 6) is 0.0151. The fourth-order valence-electron chi connectivity index (χ4n) is 7.64. The fourth-order valence-corrected chi connectivity index (χ4v) is 7.64. The van der Waals surface area contributed by atoms with Gasteiger partial charge in [0, 0.05) is 6.42 Å². The van der Waals surface area contributed by atoms with Crippen molar-refractivity contribution in [3.8, 4) is 0 Å². The number of unbranched alkanes of at least 4 members (excludes halogenated alkanes) is 38. The zero-order valence-electron chi connectivity index (χ0n) is 36.7. The van der Waals surface area contributed by atoms with Crippen molar-refractivity contribution < 1.29 is 9.53 Å². The first-order valence-corrected chi connectivity index (χ1v) is 24.8. The fraction of sp³-hybridized carbons (Fsp3) is 0.902. The Bertz CT molecular complexity index is 724. The van der Waals surface area contributed by atoms with Crippen molar-refractivity contribution in [3.05, 3.63) is 24.3 Å².